The van der Waals surface area contributed by atoms with Crippen LogP contribution in [0.25, 0.3) is 0 Å². The van der Waals surface area contributed by atoms with Crippen LogP contribution in [0.1, 0.15) is 21.8 Å². The maximum Gasteiger partial charge on any atom is 0.257 e. The Hall–Kier alpha value is -2.53. The first-order valence-electron chi connectivity index (χ1n) is 8.44. The average molecular weight is 340 g/mol. The minimum absolute atomic E-state index is 0.0311. The molecule has 1 aliphatic heterocycles. The van der Waals surface area contributed by atoms with Gasteiger partial charge in [-0.25, -0.2) is 0 Å². The summed E-state index contributed by atoms with van der Waals surface area (Å²) in [6.45, 7) is 1.88. The van der Waals surface area contributed by atoms with Crippen LogP contribution in [0.2, 0.25) is 0 Å². The molecule has 1 fully saturated rings. The van der Waals surface area contributed by atoms with Gasteiger partial charge in [-0.05, 0) is 30.2 Å². The van der Waals surface area contributed by atoms with E-state index in [1.54, 1.807) is 32.4 Å². The Morgan fingerprint density at radius 3 is 2.52 bits per heavy atom. The number of hydrogen-bond donors (Lipinski definition) is 1. The highest BCUT2D eigenvalue weighted by Gasteiger charge is 2.36. The summed E-state index contributed by atoms with van der Waals surface area (Å²) in [7, 11) is 3.15. The Labute approximate surface area is 148 Å². The third kappa shape index (κ3) is 3.46. The normalized spacial score (nSPS) is 19.7. The second-order valence-corrected chi connectivity index (χ2v) is 6.29. The zero-order chi connectivity index (χ0) is 17.8. The van der Waals surface area contributed by atoms with Gasteiger partial charge in [-0.3, -0.25) is 4.79 Å². The molecule has 25 heavy (non-hydrogen) atoms. The molecule has 2 aromatic rings. The van der Waals surface area contributed by atoms with Gasteiger partial charge in [0.25, 0.3) is 5.91 Å². The molecule has 5 heteroatoms. The SMILES string of the molecule is COc1ccc(C(=O)N2C[C@@H](CN)[C@H](c3ccccc3)C2)c(OC)c1. The maximum atomic E-state index is 13.0. The first-order chi connectivity index (χ1) is 12.2. The van der Waals surface area contributed by atoms with Crippen molar-refractivity contribution in [2.45, 2.75) is 5.92 Å². The van der Waals surface area contributed by atoms with Crippen LogP contribution in [0.4, 0.5) is 0 Å². The average Bonchev–Trinajstić information content (AvgIpc) is 3.12. The van der Waals surface area contributed by atoms with Crippen LogP contribution in [0.15, 0.2) is 48.5 Å². The molecule has 0 radical (unpaired) electrons. The number of hydrogen-bond acceptors (Lipinski definition) is 4. The minimum Gasteiger partial charge on any atom is -0.497 e. The van der Waals surface area contributed by atoms with Crippen molar-refractivity contribution in [3.05, 3.63) is 59.7 Å². The monoisotopic (exact) mass is 340 g/mol. The Kier molecular flexibility index (Phi) is 5.24. The molecule has 0 bridgehead atoms. The van der Waals surface area contributed by atoms with Gasteiger partial charge in [-0.1, -0.05) is 30.3 Å². The van der Waals surface area contributed by atoms with Crippen molar-refractivity contribution in [1.82, 2.24) is 4.90 Å². The van der Waals surface area contributed by atoms with Gasteiger partial charge < -0.3 is 20.1 Å². The number of nitrogens with two attached hydrogens (primary N) is 1. The van der Waals surface area contributed by atoms with Gasteiger partial charge in [0.2, 0.25) is 0 Å². The summed E-state index contributed by atoms with van der Waals surface area (Å²) in [6.07, 6.45) is 0. The number of likely N-dealkylation sites (tertiary alicyclic amines) is 1. The molecular weight excluding hydrogens is 316 g/mol. The van der Waals surface area contributed by atoms with Crippen LogP contribution in [-0.4, -0.2) is 44.7 Å². The summed E-state index contributed by atoms with van der Waals surface area (Å²) in [6, 6.07) is 15.5. The number of ether oxygens (including phenoxy) is 2. The third-order valence-electron chi connectivity index (χ3n) is 4.90. The molecule has 5 nitrogen and oxygen atoms in total. The van der Waals surface area contributed by atoms with Gasteiger partial charge in [0, 0.05) is 25.1 Å². The molecule has 1 heterocycles. The highest BCUT2D eigenvalue weighted by Crippen LogP contribution is 2.34. The molecule has 3 rings (SSSR count). The molecule has 2 N–H and O–H groups in total. The molecule has 132 valence electrons. The summed E-state index contributed by atoms with van der Waals surface area (Å²) in [5.74, 6) is 1.68. The Balaban J connectivity index is 1.84. The van der Waals surface area contributed by atoms with Crippen molar-refractivity contribution in [3.8, 4) is 11.5 Å². The van der Waals surface area contributed by atoms with Crippen molar-refractivity contribution in [3.63, 3.8) is 0 Å². The summed E-state index contributed by atoms with van der Waals surface area (Å²) >= 11 is 0. The van der Waals surface area contributed by atoms with Crippen LogP contribution >= 0.6 is 0 Å². The zero-order valence-corrected chi connectivity index (χ0v) is 14.6. The number of benzene rings is 2. The summed E-state index contributed by atoms with van der Waals surface area (Å²) in [5, 5.41) is 0. The predicted octanol–water partition coefficient (Wildman–Crippen LogP) is 2.52. The lowest BCUT2D eigenvalue weighted by Gasteiger charge is -2.18. The third-order valence-corrected chi connectivity index (χ3v) is 4.90. The zero-order valence-electron chi connectivity index (χ0n) is 14.6. The van der Waals surface area contributed by atoms with Crippen LogP contribution < -0.4 is 15.2 Å². The topological polar surface area (TPSA) is 64.8 Å². The highest BCUT2D eigenvalue weighted by atomic mass is 16.5. The minimum atomic E-state index is -0.0311. The van der Waals surface area contributed by atoms with Gasteiger partial charge in [0.1, 0.15) is 11.5 Å². The molecule has 1 amide bonds. The second kappa shape index (κ2) is 7.57. The van der Waals surface area contributed by atoms with E-state index < -0.39 is 0 Å². The fourth-order valence-corrected chi connectivity index (χ4v) is 3.50. The second-order valence-electron chi connectivity index (χ2n) is 6.29. The quantitative estimate of drug-likeness (QED) is 0.908. The number of methoxy groups -OCH3 is 2. The van der Waals surface area contributed by atoms with Gasteiger partial charge in [0.05, 0.1) is 19.8 Å². The fourth-order valence-electron chi connectivity index (χ4n) is 3.50. The highest BCUT2D eigenvalue weighted by molar-refractivity contribution is 5.97. The largest absolute Gasteiger partial charge is 0.497 e. The van der Waals surface area contributed by atoms with E-state index in [4.69, 9.17) is 15.2 Å². The molecule has 1 aliphatic rings. The molecule has 0 saturated carbocycles. The van der Waals surface area contributed by atoms with E-state index in [9.17, 15) is 4.79 Å². The Morgan fingerprint density at radius 1 is 1.12 bits per heavy atom. The van der Waals surface area contributed by atoms with Crippen molar-refractivity contribution >= 4 is 5.91 Å². The van der Waals surface area contributed by atoms with E-state index in [1.165, 1.54) is 5.56 Å². The Bertz CT molecular complexity index is 733. The summed E-state index contributed by atoms with van der Waals surface area (Å²) < 4.78 is 10.6. The van der Waals surface area contributed by atoms with Crippen LogP contribution in [0.5, 0.6) is 11.5 Å². The van der Waals surface area contributed by atoms with Crippen LogP contribution in [-0.2, 0) is 0 Å². The molecule has 0 aromatic heterocycles. The van der Waals surface area contributed by atoms with Crippen molar-refractivity contribution in [1.29, 1.82) is 0 Å². The van der Waals surface area contributed by atoms with Gasteiger partial charge in [-0.2, -0.15) is 0 Å². The molecule has 0 spiro atoms. The first-order valence-corrected chi connectivity index (χ1v) is 8.44. The lowest BCUT2D eigenvalue weighted by molar-refractivity contribution is 0.0783. The predicted molar refractivity (Wildman–Crippen MR) is 97.2 cm³/mol. The first kappa shape index (κ1) is 17.3. The molecular formula is C20H24N2O3. The van der Waals surface area contributed by atoms with E-state index >= 15 is 0 Å². The van der Waals surface area contributed by atoms with E-state index in [1.807, 2.05) is 23.1 Å². The van der Waals surface area contributed by atoms with E-state index in [-0.39, 0.29) is 17.7 Å². The van der Waals surface area contributed by atoms with E-state index in [0.717, 1.165) is 0 Å². The molecule has 0 unspecified atom stereocenters. The van der Waals surface area contributed by atoms with Gasteiger partial charge >= 0.3 is 0 Å². The van der Waals surface area contributed by atoms with Crippen LogP contribution in [0.3, 0.4) is 0 Å². The van der Waals surface area contributed by atoms with Crippen molar-refractivity contribution < 1.29 is 14.3 Å². The van der Waals surface area contributed by atoms with Crippen LogP contribution in [0, 0.1) is 5.92 Å². The summed E-state index contributed by atoms with van der Waals surface area (Å²) in [5.41, 5.74) is 7.76. The maximum absolute atomic E-state index is 13.0. The van der Waals surface area contributed by atoms with E-state index in [2.05, 4.69) is 12.1 Å². The summed E-state index contributed by atoms with van der Waals surface area (Å²) in [4.78, 5) is 14.9. The molecule has 2 atom stereocenters. The van der Waals surface area contributed by atoms with E-state index in [0.29, 0.717) is 36.7 Å². The molecule has 1 saturated heterocycles. The standard InChI is InChI=1S/C20H24N2O3/c1-24-16-8-9-17(19(10-16)25-2)20(23)22-12-15(11-21)18(13-22)14-6-4-3-5-7-14/h3-10,15,18H,11-13,21H2,1-2H3/t15-,18+/m1/s1. The fraction of sp³-hybridized carbons (Fsp3) is 0.350. The number of amides is 1. The van der Waals surface area contributed by atoms with Crippen molar-refractivity contribution in [2.75, 3.05) is 33.9 Å². The van der Waals surface area contributed by atoms with Gasteiger partial charge in [0.15, 0.2) is 0 Å². The lowest BCUT2D eigenvalue weighted by Crippen LogP contribution is -2.30. The number of nitrogens with zero attached hydrogens (tertiary/aromatic N) is 1. The number of rotatable bonds is 5. The lowest BCUT2D eigenvalue weighted by atomic mass is 9.89. The van der Waals surface area contributed by atoms with Gasteiger partial charge in [-0.15, -0.1) is 0 Å². The smallest absolute Gasteiger partial charge is 0.257 e. The van der Waals surface area contributed by atoms with Crippen molar-refractivity contribution in [2.24, 2.45) is 11.7 Å². The molecule has 0 aliphatic carbocycles. The Morgan fingerprint density at radius 2 is 1.88 bits per heavy atom. The molecule has 2 aromatic carbocycles. The number of carbonyl (C=O) groups excluding carboxylic acids is 1. The number of carbonyl (C=O) groups is 1.